The Labute approximate surface area is 107 Å². The minimum atomic E-state index is -0.327. The first kappa shape index (κ1) is 13.8. The average molecular weight is 256 g/mol. The Hall–Kier alpha value is -1.22. The predicted molar refractivity (Wildman–Crippen MR) is 70.5 cm³/mol. The molecule has 1 atom stereocenters. The zero-order chi connectivity index (χ0) is 12.8. The summed E-state index contributed by atoms with van der Waals surface area (Å²) in [7, 11) is 0. The standard InChI is InChI=1S/C13H18ClNO2/c1-4-11(13(16)17-5-2)15-12-8-10(14)7-6-9(12)3/h6-8,11,15H,4-5H2,1-3H3. The predicted octanol–water partition coefficient (Wildman–Crippen LogP) is 3.40. The molecule has 0 fully saturated rings. The van der Waals surface area contributed by atoms with Crippen LogP contribution in [0, 0.1) is 6.92 Å². The fraction of sp³-hybridized carbons (Fsp3) is 0.462. The van der Waals surface area contributed by atoms with Gasteiger partial charge < -0.3 is 10.1 Å². The Balaban J connectivity index is 2.80. The van der Waals surface area contributed by atoms with Crippen molar-refractivity contribution in [2.45, 2.75) is 33.2 Å². The number of carbonyl (C=O) groups excluding carboxylic acids is 1. The number of halogens is 1. The number of hydrogen-bond donors (Lipinski definition) is 1. The lowest BCUT2D eigenvalue weighted by molar-refractivity contribution is -0.144. The first-order valence-corrected chi connectivity index (χ1v) is 6.15. The van der Waals surface area contributed by atoms with Crippen LogP contribution in [0.4, 0.5) is 5.69 Å². The molecular weight excluding hydrogens is 238 g/mol. The van der Waals surface area contributed by atoms with Crippen molar-refractivity contribution >= 4 is 23.3 Å². The zero-order valence-corrected chi connectivity index (χ0v) is 11.2. The molecule has 1 rings (SSSR count). The van der Waals surface area contributed by atoms with E-state index in [1.54, 1.807) is 6.92 Å². The van der Waals surface area contributed by atoms with E-state index in [4.69, 9.17) is 16.3 Å². The van der Waals surface area contributed by atoms with Crippen LogP contribution in [0.1, 0.15) is 25.8 Å². The van der Waals surface area contributed by atoms with Crippen molar-refractivity contribution in [1.29, 1.82) is 0 Å². The van der Waals surface area contributed by atoms with Crippen LogP contribution >= 0.6 is 11.6 Å². The molecule has 0 saturated carbocycles. The third-order valence-corrected chi connectivity index (χ3v) is 2.74. The van der Waals surface area contributed by atoms with Crippen molar-refractivity contribution < 1.29 is 9.53 Å². The van der Waals surface area contributed by atoms with Gasteiger partial charge in [-0.1, -0.05) is 24.6 Å². The van der Waals surface area contributed by atoms with Gasteiger partial charge in [0.1, 0.15) is 6.04 Å². The number of benzene rings is 1. The monoisotopic (exact) mass is 255 g/mol. The second-order valence-corrected chi connectivity index (χ2v) is 4.25. The highest BCUT2D eigenvalue weighted by atomic mass is 35.5. The molecule has 0 spiro atoms. The van der Waals surface area contributed by atoms with Crippen LogP contribution in [0.25, 0.3) is 0 Å². The Bertz CT molecular complexity index is 393. The van der Waals surface area contributed by atoms with Gasteiger partial charge in [0.15, 0.2) is 0 Å². The van der Waals surface area contributed by atoms with Crippen LogP contribution in [0.3, 0.4) is 0 Å². The van der Waals surface area contributed by atoms with Gasteiger partial charge in [-0.15, -0.1) is 0 Å². The van der Waals surface area contributed by atoms with Gasteiger partial charge in [-0.05, 0) is 38.0 Å². The number of ether oxygens (including phenoxy) is 1. The molecule has 1 aromatic carbocycles. The summed E-state index contributed by atoms with van der Waals surface area (Å²) in [5.41, 5.74) is 1.93. The third kappa shape index (κ3) is 3.93. The summed E-state index contributed by atoms with van der Waals surface area (Å²) in [5.74, 6) is -0.227. The van der Waals surface area contributed by atoms with Crippen LogP contribution in [-0.2, 0) is 9.53 Å². The van der Waals surface area contributed by atoms with E-state index in [0.717, 1.165) is 11.3 Å². The quantitative estimate of drug-likeness (QED) is 0.820. The summed E-state index contributed by atoms with van der Waals surface area (Å²) in [5, 5.41) is 3.81. The average Bonchev–Trinajstić information content (AvgIpc) is 2.30. The third-order valence-electron chi connectivity index (χ3n) is 2.51. The number of rotatable bonds is 5. The van der Waals surface area contributed by atoms with E-state index in [2.05, 4.69) is 5.32 Å². The van der Waals surface area contributed by atoms with E-state index in [1.807, 2.05) is 32.0 Å². The van der Waals surface area contributed by atoms with Crippen molar-refractivity contribution in [3.05, 3.63) is 28.8 Å². The SMILES string of the molecule is CCOC(=O)C(CC)Nc1cc(Cl)ccc1C. The number of hydrogen-bond acceptors (Lipinski definition) is 3. The molecule has 1 N–H and O–H groups in total. The van der Waals surface area contributed by atoms with Crippen LogP contribution in [0.2, 0.25) is 5.02 Å². The largest absolute Gasteiger partial charge is 0.464 e. The Morgan fingerprint density at radius 2 is 2.18 bits per heavy atom. The molecule has 0 aliphatic heterocycles. The second kappa shape index (κ2) is 6.50. The van der Waals surface area contributed by atoms with Gasteiger partial charge in [0.2, 0.25) is 0 Å². The number of carbonyl (C=O) groups is 1. The van der Waals surface area contributed by atoms with Gasteiger partial charge in [0.05, 0.1) is 6.61 Å². The molecule has 0 aliphatic carbocycles. The molecule has 1 unspecified atom stereocenters. The van der Waals surface area contributed by atoms with Gasteiger partial charge in [-0.3, -0.25) is 0 Å². The summed E-state index contributed by atoms with van der Waals surface area (Å²) in [6.45, 7) is 6.10. The smallest absolute Gasteiger partial charge is 0.328 e. The Kier molecular flexibility index (Phi) is 5.29. The summed E-state index contributed by atoms with van der Waals surface area (Å²) in [4.78, 5) is 11.7. The first-order chi connectivity index (χ1) is 8.08. The molecule has 0 radical (unpaired) electrons. The van der Waals surface area contributed by atoms with Gasteiger partial charge in [0, 0.05) is 10.7 Å². The fourth-order valence-electron chi connectivity index (χ4n) is 1.51. The van der Waals surface area contributed by atoms with Crippen molar-refractivity contribution in [3.8, 4) is 0 Å². The number of esters is 1. The number of aryl methyl sites for hydroxylation is 1. The van der Waals surface area contributed by atoms with Crippen molar-refractivity contribution in [3.63, 3.8) is 0 Å². The van der Waals surface area contributed by atoms with Gasteiger partial charge in [-0.25, -0.2) is 4.79 Å². The highest BCUT2D eigenvalue weighted by molar-refractivity contribution is 6.30. The molecule has 94 valence electrons. The lowest BCUT2D eigenvalue weighted by Gasteiger charge is -2.18. The maximum Gasteiger partial charge on any atom is 0.328 e. The van der Waals surface area contributed by atoms with Crippen molar-refractivity contribution in [2.24, 2.45) is 0 Å². The van der Waals surface area contributed by atoms with Gasteiger partial charge in [0.25, 0.3) is 0 Å². The number of anilines is 1. The summed E-state index contributed by atoms with van der Waals surface area (Å²) >= 11 is 5.93. The summed E-state index contributed by atoms with van der Waals surface area (Å²) < 4.78 is 5.00. The zero-order valence-electron chi connectivity index (χ0n) is 10.4. The maximum atomic E-state index is 11.7. The minimum absolute atomic E-state index is 0.227. The van der Waals surface area contributed by atoms with Crippen LogP contribution in [-0.4, -0.2) is 18.6 Å². The van der Waals surface area contributed by atoms with Gasteiger partial charge in [-0.2, -0.15) is 0 Å². The van der Waals surface area contributed by atoms with Crippen LogP contribution < -0.4 is 5.32 Å². The lowest BCUT2D eigenvalue weighted by Crippen LogP contribution is -2.30. The van der Waals surface area contributed by atoms with E-state index in [9.17, 15) is 4.79 Å². The van der Waals surface area contributed by atoms with E-state index in [0.29, 0.717) is 18.1 Å². The molecule has 0 aromatic heterocycles. The molecule has 0 amide bonds. The van der Waals surface area contributed by atoms with Crippen LogP contribution in [0.15, 0.2) is 18.2 Å². The molecule has 3 nitrogen and oxygen atoms in total. The highest BCUT2D eigenvalue weighted by Crippen LogP contribution is 2.21. The van der Waals surface area contributed by atoms with E-state index < -0.39 is 0 Å². The molecule has 4 heteroatoms. The van der Waals surface area contributed by atoms with E-state index >= 15 is 0 Å². The summed E-state index contributed by atoms with van der Waals surface area (Å²) in [6.07, 6.45) is 0.671. The van der Waals surface area contributed by atoms with Crippen molar-refractivity contribution in [1.82, 2.24) is 0 Å². The highest BCUT2D eigenvalue weighted by Gasteiger charge is 2.17. The molecule has 0 heterocycles. The first-order valence-electron chi connectivity index (χ1n) is 5.77. The normalized spacial score (nSPS) is 12.0. The topological polar surface area (TPSA) is 38.3 Å². The fourth-order valence-corrected chi connectivity index (χ4v) is 1.68. The molecular formula is C13H18ClNO2. The summed E-state index contributed by atoms with van der Waals surface area (Å²) in [6, 6.07) is 5.24. The molecule has 0 bridgehead atoms. The molecule has 17 heavy (non-hydrogen) atoms. The Morgan fingerprint density at radius 3 is 2.76 bits per heavy atom. The lowest BCUT2D eigenvalue weighted by atomic mass is 10.1. The van der Waals surface area contributed by atoms with Gasteiger partial charge >= 0.3 is 5.97 Å². The minimum Gasteiger partial charge on any atom is -0.464 e. The molecule has 0 aliphatic rings. The number of nitrogens with one attached hydrogen (secondary N) is 1. The molecule has 0 saturated heterocycles. The Morgan fingerprint density at radius 1 is 1.47 bits per heavy atom. The maximum absolute atomic E-state index is 11.7. The van der Waals surface area contributed by atoms with E-state index in [1.165, 1.54) is 0 Å². The van der Waals surface area contributed by atoms with Crippen LogP contribution in [0.5, 0.6) is 0 Å². The van der Waals surface area contributed by atoms with Crippen molar-refractivity contribution in [2.75, 3.05) is 11.9 Å². The molecule has 1 aromatic rings. The second-order valence-electron chi connectivity index (χ2n) is 3.82. The van der Waals surface area contributed by atoms with E-state index in [-0.39, 0.29) is 12.0 Å².